The largest absolute Gasteiger partial charge is 0.491 e. The third-order valence-electron chi connectivity index (χ3n) is 3.91. The van der Waals surface area contributed by atoms with Gasteiger partial charge in [-0.2, -0.15) is 0 Å². The van der Waals surface area contributed by atoms with Crippen molar-refractivity contribution < 1.29 is 14.3 Å². The van der Waals surface area contributed by atoms with Gasteiger partial charge in [-0.15, -0.1) is 0 Å². The van der Waals surface area contributed by atoms with Gasteiger partial charge in [-0.05, 0) is 42.3 Å². The van der Waals surface area contributed by atoms with Crippen molar-refractivity contribution in [2.75, 3.05) is 35.7 Å². The van der Waals surface area contributed by atoms with E-state index in [1.807, 2.05) is 48.5 Å². The van der Waals surface area contributed by atoms with Crippen LogP contribution in [0.25, 0.3) is 0 Å². The van der Waals surface area contributed by atoms with Crippen molar-refractivity contribution in [3.63, 3.8) is 0 Å². The van der Waals surface area contributed by atoms with Gasteiger partial charge in [0.05, 0.1) is 18.8 Å². The van der Waals surface area contributed by atoms with Crippen molar-refractivity contribution in [2.24, 2.45) is 5.92 Å². The van der Waals surface area contributed by atoms with Crippen LogP contribution in [-0.2, 0) is 9.59 Å². The molecule has 0 saturated carbocycles. The number of hydrogen-bond donors (Lipinski definition) is 2. The van der Waals surface area contributed by atoms with Crippen molar-refractivity contribution in [1.82, 2.24) is 0 Å². The van der Waals surface area contributed by atoms with E-state index >= 15 is 0 Å². The summed E-state index contributed by atoms with van der Waals surface area (Å²) in [6.45, 7) is 6.38. The second-order valence-corrected chi connectivity index (χ2v) is 6.73. The van der Waals surface area contributed by atoms with Crippen LogP contribution in [0, 0.1) is 5.92 Å². The smallest absolute Gasteiger partial charge is 0.243 e. The molecule has 2 aromatic carbocycles. The van der Waals surface area contributed by atoms with Gasteiger partial charge in [-0.25, -0.2) is 0 Å². The summed E-state index contributed by atoms with van der Waals surface area (Å²) in [5, 5.41) is 5.94. The number of carbonyl (C=O) groups excluding carboxylic acids is 2. The Morgan fingerprint density at radius 1 is 1.07 bits per heavy atom. The predicted octanol–water partition coefficient (Wildman–Crippen LogP) is 3.75. The molecule has 2 aromatic rings. The number of carbonyl (C=O) groups is 2. The molecule has 0 aliphatic rings. The minimum Gasteiger partial charge on any atom is -0.491 e. The van der Waals surface area contributed by atoms with E-state index in [4.69, 9.17) is 4.74 Å². The fourth-order valence-corrected chi connectivity index (χ4v) is 2.31. The highest BCUT2D eigenvalue weighted by atomic mass is 16.5. The summed E-state index contributed by atoms with van der Waals surface area (Å²) in [5.74, 6) is 0.866. The number of nitrogens with one attached hydrogen (secondary N) is 2. The van der Waals surface area contributed by atoms with E-state index in [1.165, 1.54) is 6.92 Å². The van der Waals surface area contributed by atoms with Crippen LogP contribution in [-0.4, -0.2) is 32.0 Å². The maximum Gasteiger partial charge on any atom is 0.243 e. The van der Waals surface area contributed by atoms with Crippen LogP contribution in [0.2, 0.25) is 0 Å². The first kappa shape index (κ1) is 20.3. The summed E-state index contributed by atoms with van der Waals surface area (Å²) in [7, 11) is 1.72. The number of nitrogens with zero attached hydrogens (tertiary/aromatic N) is 1. The number of ether oxygens (including phenoxy) is 1. The van der Waals surface area contributed by atoms with E-state index in [1.54, 1.807) is 11.9 Å². The van der Waals surface area contributed by atoms with Gasteiger partial charge in [0.1, 0.15) is 5.75 Å². The maximum absolute atomic E-state index is 12.3. The highest BCUT2D eigenvalue weighted by Gasteiger charge is 2.09. The lowest BCUT2D eigenvalue weighted by molar-refractivity contribution is -0.116. The van der Waals surface area contributed by atoms with Crippen LogP contribution in [0.3, 0.4) is 0 Å². The number of benzene rings is 2. The Kier molecular flexibility index (Phi) is 7.23. The van der Waals surface area contributed by atoms with Crippen molar-refractivity contribution in [3.8, 4) is 5.75 Å². The molecule has 0 heterocycles. The summed E-state index contributed by atoms with van der Waals surface area (Å²) >= 11 is 0. The lowest BCUT2D eigenvalue weighted by Gasteiger charge is -2.16. The SMILES string of the molecule is CC(=O)N(C)c1ccc(NCC(=O)Nc2ccccc2OCC(C)C)cc1. The Morgan fingerprint density at radius 2 is 1.74 bits per heavy atom. The van der Waals surface area contributed by atoms with E-state index < -0.39 is 0 Å². The molecule has 0 spiro atoms. The van der Waals surface area contributed by atoms with Gasteiger partial charge in [0.2, 0.25) is 11.8 Å². The summed E-state index contributed by atoms with van der Waals surface area (Å²) in [6.07, 6.45) is 0. The number of anilines is 3. The summed E-state index contributed by atoms with van der Waals surface area (Å²) < 4.78 is 5.75. The van der Waals surface area contributed by atoms with Crippen molar-refractivity contribution in [1.29, 1.82) is 0 Å². The quantitative estimate of drug-likeness (QED) is 0.743. The van der Waals surface area contributed by atoms with Crippen LogP contribution in [0.1, 0.15) is 20.8 Å². The molecule has 2 N–H and O–H groups in total. The normalized spacial score (nSPS) is 10.4. The molecule has 2 amide bonds. The number of amides is 2. The van der Waals surface area contributed by atoms with Crippen molar-refractivity contribution in [2.45, 2.75) is 20.8 Å². The Morgan fingerprint density at radius 3 is 2.37 bits per heavy atom. The van der Waals surface area contributed by atoms with Gasteiger partial charge in [0.25, 0.3) is 0 Å². The molecule has 0 radical (unpaired) electrons. The molecule has 0 aromatic heterocycles. The fraction of sp³-hybridized carbons (Fsp3) is 0.333. The molecule has 0 aliphatic carbocycles. The zero-order chi connectivity index (χ0) is 19.8. The van der Waals surface area contributed by atoms with E-state index in [2.05, 4.69) is 24.5 Å². The molecule has 2 rings (SSSR count). The minimum atomic E-state index is -0.166. The van der Waals surface area contributed by atoms with Gasteiger partial charge in [-0.1, -0.05) is 26.0 Å². The molecule has 27 heavy (non-hydrogen) atoms. The Bertz CT molecular complexity index is 772. The van der Waals surface area contributed by atoms with Crippen LogP contribution < -0.4 is 20.3 Å². The second-order valence-electron chi connectivity index (χ2n) is 6.73. The van der Waals surface area contributed by atoms with E-state index in [9.17, 15) is 9.59 Å². The fourth-order valence-electron chi connectivity index (χ4n) is 2.31. The summed E-state index contributed by atoms with van der Waals surface area (Å²) in [4.78, 5) is 25.2. The van der Waals surface area contributed by atoms with Gasteiger partial charge in [0, 0.05) is 25.3 Å². The molecule has 144 valence electrons. The molecule has 6 nitrogen and oxygen atoms in total. The number of rotatable bonds is 8. The van der Waals surface area contributed by atoms with E-state index in [-0.39, 0.29) is 18.4 Å². The lowest BCUT2D eigenvalue weighted by atomic mass is 10.2. The summed E-state index contributed by atoms with van der Waals surface area (Å²) in [5.41, 5.74) is 2.26. The maximum atomic E-state index is 12.3. The molecule has 0 bridgehead atoms. The standard InChI is InChI=1S/C21H27N3O3/c1-15(2)14-27-20-8-6-5-7-19(20)23-21(26)13-22-17-9-11-18(12-10-17)24(4)16(3)25/h5-12,15,22H,13-14H2,1-4H3,(H,23,26). The molecular formula is C21H27N3O3. The number of hydrogen-bond acceptors (Lipinski definition) is 4. The first-order chi connectivity index (χ1) is 12.9. The predicted molar refractivity (Wildman–Crippen MR) is 109 cm³/mol. The third kappa shape index (κ3) is 6.33. The first-order valence-electron chi connectivity index (χ1n) is 8.96. The van der Waals surface area contributed by atoms with E-state index in [0.717, 1.165) is 11.4 Å². The van der Waals surface area contributed by atoms with Gasteiger partial charge < -0.3 is 20.3 Å². The molecule has 0 atom stereocenters. The minimum absolute atomic E-state index is 0.0339. The highest BCUT2D eigenvalue weighted by Crippen LogP contribution is 2.24. The van der Waals surface area contributed by atoms with Gasteiger partial charge in [0.15, 0.2) is 0 Å². The van der Waals surface area contributed by atoms with Crippen LogP contribution >= 0.6 is 0 Å². The van der Waals surface area contributed by atoms with Gasteiger partial charge >= 0.3 is 0 Å². The van der Waals surface area contributed by atoms with Crippen LogP contribution in [0.4, 0.5) is 17.1 Å². The molecule has 6 heteroatoms. The number of para-hydroxylation sites is 2. The summed E-state index contributed by atoms with van der Waals surface area (Å²) in [6, 6.07) is 14.7. The Labute approximate surface area is 160 Å². The monoisotopic (exact) mass is 369 g/mol. The zero-order valence-electron chi connectivity index (χ0n) is 16.3. The highest BCUT2D eigenvalue weighted by molar-refractivity contribution is 5.95. The average molecular weight is 369 g/mol. The second kappa shape index (κ2) is 9.62. The van der Waals surface area contributed by atoms with E-state index in [0.29, 0.717) is 24.0 Å². The van der Waals surface area contributed by atoms with Crippen molar-refractivity contribution in [3.05, 3.63) is 48.5 Å². The molecule has 0 unspecified atom stereocenters. The first-order valence-corrected chi connectivity index (χ1v) is 8.96. The topological polar surface area (TPSA) is 70.7 Å². The third-order valence-corrected chi connectivity index (χ3v) is 3.91. The zero-order valence-corrected chi connectivity index (χ0v) is 16.3. The van der Waals surface area contributed by atoms with Gasteiger partial charge in [-0.3, -0.25) is 9.59 Å². The van der Waals surface area contributed by atoms with Crippen LogP contribution in [0.5, 0.6) is 5.75 Å². The van der Waals surface area contributed by atoms with Crippen LogP contribution in [0.15, 0.2) is 48.5 Å². The molecule has 0 fully saturated rings. The molecule has 0 aliphatic heterocycles. The Balaban J connectivity index is 1.90. The molecule has 0 saturated heterocycles. The molecular weight excluding hydrogens is 342 g/mol. The van der Waals surface area contributed by atoms with Crippen molar-refractivity contribution >= 4 is 28.9 Å². The Hall–Kier alpha value is -3.02. The lowest BCUT2D eigenvalue weighted by Crippen LogP contribution is -2.23. The average Bonchev–Trinajstić information content (AvgIpc) is 2.65.